The van der Waals surface area contributed by atoms with Gasteiger partial charge in [0.1, 0.15) is 6.61 Å². The van der Waals surface area contributed by atoms with Gasteiger partial charge < -0.3 is 19.3 Å². The van der Waals surface area contributed by atoms with Crippen LogP contribution in [-0.2, 0) is 14.2 Å². The van der Waals surface area contributed by atoms with Crippen molar-refractivity contribution in [1.29, 1.82) is 0 Å². The van der Waals surface area contributed by atoms with Gasteiger partial charge in [0.05, 0.1) is 26.4 Å². The maximum atomic E-state index is 10.4. The summed E-state index contributed by atoms with van der Waals surface area (Å²) in [6, 6.07) is 0. The zero-order chi connectivity index (χ0) is 9.40. The molecule has 0 spiro atoms. The Morgan fingerprint density at radius 3 is 2.75 bits per heavy atom. The molecule has 0 rings (SSSR count). The summed E-state index contributed by atoms with van der Waals surface area (Å²) >= 11 is 0. The Balaban J connectivity index is 3.30. The smallest absolute Gasteiger partial charge is 0.438 e. The second-order valence-electron chi connectivity index (χ2n) is 2.17. The van der Waals surface area contributed by atoms with Crippen LogP contribution in [0, 0.1) is 0 Å². The number of aliphatic hydroxyl groups excluding tert-OH is 1. The summed E-state index contributed by atoms with van der Waals surface area (Å²) in [7, 11) is 1.24. The van der Waals surface area contributed by atoms with Gasteiger partial charge in [0, 0.05) is 0 Å². The quantitative estimate of drug-likeness (QED) is 0.608. The standard InChI is InChI=1S/C7H14O5/c1-6(11-4-3-8)5-12-7(9)10-2/h6,8H,3-5H2,1-2H3. The van der Waals surface area contributed by atoms with Gasteiger partial charge in [-0.3, -0.25) is 0 Å². The Morgan fingerprint density at radius 2 is 2.25 bits per heavy atom. The highest BCUT2D eigenvalue weighted by molar-refractivity contribution is 5.59. The fourth-order valence-corrected chi connectivity index (χ4v) is 0.546. The zero-order valence-electron chi connectivity index (χ0n) is 7.28. The van der Waals surface area contributed by atoms with Crippen molar-refractivity contribution in [3.05, 3.63) is 0 Å². The molecule has 1 unspecified atom stereocenters. The summed E-state index contributed by atoms with van der Waals surface area (Å²) in [6.45, 7) is 2.07. The van der Waals surface area contributed by atoms with Gasteiger partial charge in [-0.05, 0) is 6.92 Å². The Kier molecular flexibility index (Phi) is 6.41. The predicted molar refractivity (Wildman–Crippen MR) is 40.9 cm³/mol. The molecular weight excluding hydrogens is 164 g/mol. The molecule has 0 aromatic carbocycles. The highest BCUT2D eigenvalue weighted by atomic mass is 16.7. The van der Waals surface area contributed by atoms with Gasteiger partial charge in [0.2, 0.25) is 0 Å². The van der Waals surface area contributed by atoms with Crippen molar-refractivity contribution in [2.24, 2.45) is 0 Å². The van der Waals surface area contributed by atoms with E-state index in [9.17, 15) is 4.79 Å². The summed E-state index contributed by atoms with van der Waals surface area (Å²) in [6.07, 6.45) is -0.953. The predicted octanol–water partition coefficient (Wildman–Crippen LogP) is 0.167. The van der Waals surface area contributed by atoms with E-state index in [0.29, 0.717) is 0 Å². The minimum atomic E-state index is -0.727. The first-order chi connectivity index (χ1) is 5.70. The second kappa shape index (κ2) is 6.87. The lowest BCUT2D eigenvalue weighted by Crippen LogP contribution is -2.20. The van der Waals surface area contributed by atoms with Gasteiger partial charge in [0.25, 0.3) is 0 Å². The summed E-state index contributed by atoms with van der Waals surface area (Å²) in [5.41, 5.74) is 0. The number of carbonyl (C=O) groups excluding carboxylic acids is 1. The molecule has 1 atom stereocenters. The van der Waals surface area contributed by atoms with Crippen LogP contribution in [-0.4, -0.2) is 44.3 Å². The number of rotatable bonds is 5. The Morgan fingerprint density at radius 1 is 1.58 bits per heavy atom. The molecule has 1 N–H and O–H groups in total. The average molecular weight is 178 g/mol. The topological polar surface area (TPSA) is 65.0 Å². The van der Waals surface area contributed by atoms with Crippen molar-refractivity contribution in [2.75, 3.05) is 26.9 Å². The van der Waals surface area contributed by atoms with Crippen molar-refractivity contribution >= 4 is 6.16 Å². The first kappa shape index (κ1) is 11.2. The van der Waals surface area contributed by atoms with Crippen LogP contribution in [0.25, 0.3) is 0 Å². The molecular formula is C7H14O5. The molecule has 5 heteroatoms. The lowest BCUT2D eigenvalue weighted by Gasteiger charge is -2.11. The molecule has 0 amide bonds. The molecule has 0 aliphatic carbocycles. The highest BCUT2D eigenvalue weighted by Crippen LogP contribution is 1.92. The normalized spacial score (nSPS) is 12.2. The van der Waals surface area contributed by atoms with Gasteiger partial charge in [0.15, 0.2) is 0 Å². The number of hydrogen-bond donors (Lipinski definition) is 1. The maximum Gasteiger partial charge on any atom is 0.508 e. The number of hydrogen-bond acceptors (Lipinski definition) is 5. The Hall–Kier alpha value is -0.810. The third-order valence-electron chi connectivity index (χ3n) is 1.10. The molecule has 72 valence electrons. The molecule has 5 nitrogen and oxygen atoms in total. The van der Waals surface area contributed by atoms with Crippen molar-refractivity contribution < 1.29 is 24.1 Å². The van der Waals surface area contributed by atoms with E-state index < -0.39 is 6.16 Å². The number of methoxy groups -OCH3 is 1. The molecule has 0 radical (unpaired) electrons. The maximum absolute atomic E-state index is 10.4. The number of ether oxygens (including phenoxy) is 3. The lowest BCUT2D eigenvalue weighted by molar-refractivity contribution is -0.0136. The molecule has 0 aliphatic rings. The zero-order valence-corrected chi connectivity index (χ0v) is 7.28. The molecule has 0 fully saturated rings. The second-order valence-corrected chi connectivity index (χ2v) is 2.17. The van der Waals surface area contributed by atoms with Crippen LogP contribution in [0.15, 0.2) is 0 Å². The summed E-state index contributed by atoms with van der Waals surface area (Å²) < 4.78 is 13.8. The largest absolute Gasteiger partial charge is 0.508 e. The van der Waals surface area contributed by atoms with E-state index in [2.05, 4.69) is 9.47 Å². The van der Waals surface area contributed by atoms with Crippen LogP contribution in [0.3, 0.4) is 0 Å². The van der Waals surface area contributed by atoms with Crippen LogP contribution in [0.5, 0.6) is 0 Å². The van der Waals surface area contributed by atoms with E-state index in [-0.39, 0.29) is 25.9 Å². The average Bonchev–Trinajstić information content (AvgIpc) is 2.10. The van der Waals surface area contributed by atoms with Crippen molar-refractivity contribution in [3.8, 4) is 0 Å². The molecule has 0 saturated heterocycles. The third kappa shape index (κ3) is 5.94. The molecule has 0 aromatic rings. The summed E-state index contributed by atoms with van der Waals surface area (Å²) in [5, 5.41) is 8.38. The minimum Gasteiger partial charge on any atom is -0.438 e. The van der Waals surface area contributed by atoms with Crippen molar-refractivity contribution in [1.82, 2.24) is 0 Å². The van der Waals surface area contributed by atoms with Crippen LogP contribution in [0.1, 0.15) is 6.92 Å². The van der Waals surface area contributed by atoms with E-state index in [1.165, 1.54) is 7.11 Å². The van der Waals surface area contributed by atoms with Crippen molar-refractivity contribution in [2.45, 2.75) is 13.0 Å². The van der Waals surface area contributed by atoms with Crippen LogP contribution >= 0.6 is 0 Å². The SMILES string of the molecule is COC(=O)OCC(C)OCCO. The summed E-state index contributed by atoms with van der Waals surface area (Å²) in [5.74, 6) is 0. The van der Waals surface area contributed by atoms with Gasteiger partial charge in [-0.2, -0.15) is 0 Å². The molecule has 0 aromatic heterocycles. The van der Waals surface area contributed by atoms with Crippen molar-refractivity contribution in [3.63, 3.8) is 0 Å². The van der Waals surface area contributed by atoms with Crippen LogP contribution in [0.4, 0.5) is 4.79 Å². The lowest BCUT2D eigenvalue weighted by atomic mass is 10.4. The molecule has 0 aliphatic heterocycles. The minimum absolute atomic E-state index is 0.0391. The van der Waals surface area contributed by atoms with Gasteiger partial charge in [-0.25, -0.2) is 4.79 Å². The number of aliphatic hydroxyl groups is 1. The molecule has 0 saturated carbocycles. The fourth-order valence-electron chi connectivity index (χ4n) is 0.546. The Labute approximate surface area is 71.2 Å². The first-order valence-corrected chi connectivity index (χ1v) is 3.64. The molecule has 0 heterocycles. The molecule has 12 heavy (non-hydrogen) atoms. The van der Waals surface area contributed by atoms with Crippen LogP contribution in [0.2, 0.25) is 0 Å². The van der Waals surface area contributed by atoms with E-state index in [0.717, 1.165) is 0 Å². The summed E-state index contributed by atoms with van der Waals surface area (Å²) in [4.78, 5) is 10.4. The Bertz CT molecular complexity index is 125. The van der Waals surface area contributed by atoms with Gasteiger partial charge >= 0.3 is 6.16 Å². The van der Waals surface area contributed by atoms with E-state index in [4.69, 9.17) is 9.84 Å². The molecule has 0 bridgehead atoms. The van der Waals surface area contributed by atoms with E-state index >= 15 is 0 Å². The van der Waals surface area contributed by atoms with Crippen LogP contribution < -0.4 is 0 Å². The third-order valence-corrected chi connectivity index (χ3v) is 1.10. The van der Waals surface area contributed by atoms with E-state index in [1.807, 2.05) is 0 Å². The van der Waals surface area contributed by atoms with Gasteiger partial charge in [-0.1, -0.05) is 0 Å². The number of carbonyl (C=O) groups is 1. The first-order valence-electron chi connectivity index (χ1n) is 3.64. The van der Waals surface area contributed by atoms with Gasteiger partial charge in [-0.15, -0.1) is 0 Å². The van der Waals surface area contributed by atoms with E-state index in [1.54, 1.807) is 6.92 Å². The monoisotopic (exact) mass is 178 g/mol. The highest BCUT2D eigenvalue weighted by Gasteiger charge is 2.06. The fraction of sp³-hybridized carbons (Fsp3) is 0.857.